The summed E-state index contributed by atoms with van der Waals surface area (Å²) in [6.07, 6.45) is 1.28. The molecule has 0 heterocycles. The van der Waals surface area contributed by atoms with Gasteiger partial charge in [0, 0.05) is 17.0 Å². The predicted octanol–water partition coefficient (Wildman–Crippen LogP) is 4.33. The van der Waals surface area contributed by atoms with Crippen molar-refractivity contribution in [3.63, 3.8) is 0 Å². The molecule has 0 saturated heterocycles. The summed E-state index contributed by atoms with van der Waals surface area (Å²) in [6.45, 7) is 3.74. The molecule has 1 unspecified atom stereocenters. The van der Waals surface area contributed by atoms with Gasteiger partial charge in [-0.25, -0.2) is 4.79 Å². The van der Waals surface area contributed by atoms with Crippen LogP contribution in [0.25, 0.3) is 0 Å². The Kier molecular flexibility index (Phi) is 8.07. The highest BCUT2D eigenvalue weighted by Gasteiger charge is 2.18. The van der Waals surface area contributed by atoms with Gasteiger partial charge < -0.3 is 15.4 Å². The lowest BCUT2D eigenvalue weighted by Crippen LogP contribution is -2.23. The van der Waals surface area contributed by atoms with E-state index >= 15 is 0 Å². The largest absolute Gasteiger partial charge is 0.465 e. The number of amides is 2. The maximum atomic E-state index is 12.5. The molecular weight excluding hydrogens is 376 g/mol. The van der Waals surface area contributed by atoms with Gasteiger partial charge in [-0.3, -0.25) is 9.59 Å². The van der Waals surface area contributed by atoms with Crippen molar-refractivity contribution >= 4 is 40.9 Å². The molecule has 2 aromatic rings. The van der Waals surface area contributed by atoms with Crippen LogP contribution in [0.2, 0.25) is 0 Å². The molecule has 7 heteroatoms. The highest BCUT2D eigenvalue weighted by molar-refractivity contribution is 8.00. The molecule has 0 saturated carbocycles. The second-order valence-corrected chi connectivity index (χ2v) is 7.52. The van der Waals surface area contributed by atoms with Crippen LogP contribution in [0.5, 0.6) is 0 Å². The zero-order valence-electron chi connectivity index (χ0n) is 16.2. The third-order valence-corrected chi connectivity index (χ3v) is 5.00. The second-order valence-electron chi connectivity index (χ2n) is 6.11. The van der Waals surface area contributed by atoms with E-state index in [1.807, 2.05) is 31.2 Å². The third kappa shape index (κ3) is 6.13. The van der Waals surface area contributed by atoms with Gasteiger partial charge in [0.1, 0.15) is 0 Å². The minimum Gasteiger partial charge on any atom is -0.465 e. The first kappa shape index (κ1) is 21.5. The fourth-order valence-electron chi connectivity index (χ4n) is 2.44. The fraction of sp³-hybridized carbons (Fsp3) is 0.286. The lowest BCUT2D eigenvalue weighted by molar-refractivity contribution is -0.116. The molecular formula is C21H24N2O4S. The van der Waals surface area contributed by atoms with E-state index in [0.717, 1.165) is 17.0 Å². The van der Waals surface area contributed by atoms with Crippen molar-refractivity contribution in [2.45, 2.75) is 36.8 Å². The van der Waals surface area contributed by atoms with Gasteiger partial charge in [-0.1, -0.05) is 19.1 Å². The van der Waals surface area contributed by atoms with E-state index in [2.05, 4.69) is 10.6 Å². The average molecular weight is 401 g/mol. The lowest BCUT2D eigenvalue weighted by atomic mass is 10.2. The average Bonchev–Trinajstić information content (AvgIpc) is 2.69. The SMILES string of the molecule is CCCC(=O)Nc1ccc(SC(C)C(=O)Nc2ccccc2C(=O)OC)cc1. The number of para-hydroxylation sites is 1. The zero-order valence-corrected chi connectivity index (χ0v) is 17.0. The third-order valence-electron chi connectivity index (χ3n) is 3.89. The van der Waals surface area contributed by atoms with Crippen LogP contribution < -0.4 is 10.6 Å². The zero-order chi connectivity index (χ0) is 20.5. The summed E-state index contributed by atoms with van der Waals surface area (Å²) in [7, 11) is 1.30. The van der Waals surface area contributed by atoms with Crippen molar-refractivity contribution in [3.8, 4) is 0 Å². The monoisotopic (exact) mass is 400 g/mol. The normalized spacial score (nSPS) is 11.4. The molecule has 0 aliphatic heterocycles. The van der Waals surface area contributed by atoms with Crippen LogP contribution in [0.4, 0.5) is 11.4 Å². The van der Waals surface area contributed by atoms with E-state index in [0.29, 0.717) is 17.7 Å². The van der Waals surface area contributed by atoms with Gasteiger partial charge in [0.15, 0.2) is 0 Å². The minimum atomic E-state index is -0.503. The second kappa shape index (κ2) is 10.5. The van der Waals surface area contributed by atoms with E-state index in [1.54, 1.807) is 31.2 Å². The number of esters is 1. The molecule has 2 rings (SSSR count). The Morgan fingerprint density at radius 3 is 2.36 bits per heavy atom. The van der Waals surface area contributed by atoms with Gasteiger partial charge >= 0.3 is 5.97 Å². The summed E-state index contributed by atoms with van der Waals surface area (Å²) in [6, 6.07) is 14.1. The first-order valence-electron chi connectivity index (χ1n) is 8.99. The molecule has 0 aromatic heterocycles. The van der Waals surface area contributed by atoms with Crippen LogP contribution in [-0.4, -0.2) is 30.1 Å². The van der Waals surface area contributed by atoms with Gasteiger partial charge in [-0.2, -0.15) is 0 Å². The van der Waals surface area contributed by atoms with Gasteiger partial charge in [0.25, 0.3) is 0 Å². The molecule has 2 amide bonds. The number of thioether (sulfide) groups is 1. The number of rotatable bonds is 8. The summed E-state index contributed by atoms with van der Waals surface area (Å²) in [5.41, 5.74) is 1.45. The van der Waals surface area contributed by atoms with Gasteiger partial charge in [0.05, 0.1) is 23.6 Å². The molecule has 1 atom stereocenters. The Morgan fingerprint density at radius 1 is 1.04 bits per heavy atom. The number of anilines is 2. The van der Waals surface area contributed by atoms with Crippen molar-refractivity contribution in [2.24, 2.45) is 0 Å². The number of hydrogen-bond donors (Lipinski definition) is 2. The van der Waals surface area contributed by atoms with E-state index < -0.39 is 5.97 Å². The van der Waals surface area contributed by atoms with E-state index in [-0.39, 0.29) is 17.1 Å². The summed E-state index contributed by atoms with van der Waals surface area (Å²) >= 11 is 1.39. The molecule has 0 fully saturated rings. The van der Waals surface area contributed by atoms with Crippen molar-refractivity contribution in [2.75, 3.05) is 17.7 Å². The molecule has 0 aliphatic rings. The number of carbonyl (C=O) groups excluding carboxylic acids is 3. The van der Waals surface area contributed by atoms with Crippen molar-refractivity contribution in [1.82, 2.24) is 0 Å². The van der Waals surface area contributed by atoms with E-state index in [4.69, 9.17) is 4.74 Å². The summed E-state index contributed by atoms with van der Waals surface area (Å²) in [4.78, 5) is 36.9. The number of hydrogen-bond acceptors (Lipinski definition) is 5. The molecule has 2 aromatic carbocycles. The summed E-state index contributed by atoms with van der Waals surface area (Å²) in [5.74, 6) is -0.737. The first-order valence-corrected chi connectivity index (χ1v) is 9.87. The van der Waals surface area contributed by atoms with Crippen LogP contribution in [-0.2, 0) is 14.3 Å². The van der Waals surface area contributed by atoms with Crippen molar-refractivity contribution in [1.29, 1.82) is 0 Å². The number of carbonyl (C=O) groups is 3. The highest BCUT2D eigenvalue weighted by atomic mass is 32.2. The molecule has 6 nitrogen and oxygen atoms in total. The molecule has 148 valence electrons. The molecule has 28 heavy (non-hydrogen) atoms. The minimum absolute atomic E-state index is 0.0140. The Hall–Kier alpha value is -2.80. The van der Waals surface area contributed by atoms with Crippen molar-refractivity contribution in [3.05, 3.63) is 54.1 Å². The van der Waals surface area contributed by atoms with E-state index in [9.17, 15) is 14.4 Å². The van der Waals surface area contributed by atoms with Crippen LogP contribution in [0.15, 0.2) is 53.4 Å². The van der Waals surface area contributed by atoms with E-state index in [1.165, 1.54) is 18.9 Å². The topological polar surface area (TPSA) is 84.5 Å². The van der Waals surface area contributed by atoms with Gasteiger partial charge in [-0.05, 0) is 49.7 Å². The Labute approximate surface area is 169 Å². The lowest BCUT2D eigenvalue weighted by Gasteiger charge is -2.14. The Morgan fingerprint density at radius 2 is 1.71 bits per heavy atom. The quantitative estimate of drug-likeness (QED) is 0.509. The summed E-state index contributed by atoms with van der Waals surface area (Å²) in [5, 5.41) is 5.23. The smallest absolute Gasteiger partial charge is 0.339 e. The van der Waals surface area contributed by atoms with Crippen molar-refractivity contribution < 1.29 is 19.1 Å². The first-order chi connectivity index (χ1) is 13.4. The maximum absolute atomic E-state index is 12.5. The standard InChI is InChI=1S/C21H24N2O4S/c1-4-7-19(24)22-15-10-12-16(13-11-15)28-14(2)20(25)23-18-9-6-5-8-17(18)21(26)27-3/h5-6,8-14H,4,7H2,1-3H3,(H,22,24)(H,23,25). The molecule has 0 aliphatic carbocycles. The molecule has 0 radical (unpaired) electrons. The number of benzene rings is 2. The summed E-state index contributed by atoms with van der Waals surface area (Å²) < 4.78 is 4.74. The van der Waals surface area contributed by atoms with Crippen LogP contribution in [0.1, 0.15) is 37.0 Å². The van der Waals surface area contributed by atoms with Crippen LogP contribution >= 0.6 is 11.8 Å². The van der Waals surface area contributed by atoms with Crippen LogP contribution in [0, 0.1) is 0 Å². The molecule has 0 bridgehead atoms. The Bertz CT molecular complexity index is 837. The highest BCUT2D eigenvalue weighted by Crippen LogP contribution is 2.26. The number of ether oxygens (including phenoxy) is 1. The van der Waals surface area contributed by atoms with Crippen LogP contribution in [0.3, 0.4) is 0 Å². The van der Waals surface area contributed by atoms with Gasteiger partial charge in [0.2, 0.25) is 11.8 Å². The fourth-order valence-corrected chi connectivity index (χ4v) is 3.31. The number of nitrogens with one attached hydrogen (secondary N) is 2. The molecule has 0 spiro atoms. The predicted molar refractivity (Wildman–Crippen MR) is 112 cm³/mol. The Balaban J connectivity index is 1.97. The number of methoxy groups -OCH3 is 1. The maximum Gasteiger partial charge on any atom is 0.339 e. The molecule has 2 N–H and O–H groups in total. The van der Waals surface area contributed by atoms with Gasteiger partial charge in [-0.15, -0.1) is 11.8 Å².